The molecule has 1 rings (SSSR count). The van der Waals surface area contributed by atoms with Gasteiger partial charge in [0.1, 0.15) is 0 Å². The summed E-state index contributed by atoms with van der Waals surface area (Å²) in [6, 6.07) is 6.16. The van der Waals surface area contributed by atoms with Gasteiger partial charge in [0.15, 0.2) is 0 Å². The van der Waals surface area contributed by atoms with E-state index in [9.17, 15) is 13.2 Å². The maximum absolute atomic E-state index is 12.1. The van der Waals surface area contributed by atoms with Crippen molar-refractivity contribution in [3.05, 3.63) is 24.3 Å². The number of rotatable bonds is 10. The molecule has 6 nitrogen and oxygen atoms in total. The lowest BCUT2D eigenvalue weighted by atomic mass is 10.1. The number of anilines is 1. The van der Waals surface area contributed by atoms with Crippen molar-refractivity contribution in [2.24, 2.45) is 5.92 Å². The van der Waals surface area contributed by atoms with Gasteiger partial charge in [-0.15, -0.1) is 0 Å². The normalized spacial score (nSPS) is 12.8. The standard InChI is InChI=1S/C16H26N2O4S/c1-4-6-13(2)16(19)18-14-7-9-15(10-8-14)23(20,21)17-11-5-12-22-3/h7-10,13,17H,4-6,11-12H2,1-3H3,(H,18,19). The van der Waals surface area contributed by atoms with Gasteiger partial charge in [0, 0.05) is 31.9 Å². The molecule has 0 saturated carbocycles. The Labute approximate surface area is 138 Å². The van der Waals surface area contributed by atoms with E-state index in [0.29, 0.717) is 25.3 Å². The second-order valence-electron chi connectivity index (χ2n) is 5.45. The van der Waals surface area contributed by atoms with Crippen LogP contribution in [0.5, 0.6) is 0 Å². The molecule has 0 aromatic heterocycles. The highest BCUT2D eigenvalue weighted by atomic mass is 32.2. The van der Waals surface area contributed by atoms with Crippen LogP contribution in [0.3, 0.4) is 0 Å². The first kappa shape index (κ1) is 19.6. The lowest BCUT2D eigenvalue weighted by molar-refractivity contribution is -0.119. The largest absolute Gasteiger partial charge is 0.385 e. The molecule has 0 spiro atoms. The predicted octanol–water partition coefficient (Wildman–Crippen LogP) is 2.38. The Bertz CT molecular complexity index is 585. The van der Waals surface area contributed by atoms with Gasteiger partial charge in [-0.05, 0) is 37.1 Å². The minimum absolute atomic E-state index is 0.0554. The summed E-state index contributed by atoms with van der Waals surface area (Å²) in [6.07, 6.45) is 2.38. The van der Waals surface area contributed by atoms with E-state index >= 15 is 0 Å². The number of hydrogen-bond acceptors (Lipinski definition) is 4. The van der Waals surface area contributed by atoms with E-state index in [1.807, 2.05) is 13.8 Å². The minimum Gasteiger partial charge on any atom is -0.385 e. The zero-order valence-corrected chi connectivity index (χ0v) is 14.8. The highest BCUT2D eigenvalue weighted by molar-refractivity contribution is 7.89. The van der Waals surface area contributed by atoms with E-state index in [1.54, 1.807) is 19.2 Å². The van der Waals surface area contributed by atoms with Crippen LogP contribution in [-0.2, 0) is 19.6 Å². The summed E-state index contributed by atoms with van der Waals surface area (Å²) in [5.41, 5.74) is 0.594. The molecule has 7 heteroatoms. The van der Waals surface area contributed by atoms with Crippen molar-refractivity contribution in [3.8, 4) is 0 Å². The zero-order valence-electron chi connectivity index (χ0n) is 14.0. The summed E-state index contributed by atoms with van der Waals surface area (Å²) in [6.45, 7) is 4.73. The van der Waals surface area contributed by atoms with Gasteiger partial charge in [-0.25, -0.2) is 13.1 Å². The molecule has 0 bridgehead atoms. The molecule has 0 radical (unpaired) electrons. The number of sulfonamides is 1. The number of carbonyl (C=O) groups is 1. The Hall–Kier alpha value is -1.44. The monoisotopic (exact) mass is 342 g/mol. The highest BCUT2D eigenvalue weighted by Crippen LogP contribution is 2.16. The van der Waals surface area contributed by atoms with Gasteiger partial charge in [-0.3, -0.25) is 4.79 Å². The fraction of sp³-hybridized carbons (Fsp3) is 0.562. The summed E-state index contributed by atoms with van der Waals surface area (Å²) in [5.74, 6) is -0.119. The summed E-state index contributed by atoms with van der Waals surface area (Å²) >= 11 is 0. The Morgan fingerprint density at radius 2 is 1.91 bits per heavy atom. The third kappa shape index (κ3) is 6.68. The Morgan fingerprint density at radius 1 is 1.26 bits per heavy atom. The molecule has 23 heavy (non-hydrogen) atoms. The third-order valence-electron chi connectivity index (χ3n) is 3.42. The first-order valence-corrected chi connectivity index (χ1v) is 9.28. The van der Waals surface area contributed by atoms with Crippen LogP contribution in [0.25, 0.3) is 0 Å². The lowest BCUT2D eigenvalue weighted by Gasteiger charge is -2.12. The van der Waals surface area contributed by atoms with Crippen LogP contribution in [0.4, 0.5) is 5.69 Å². The second-order valence-corrected chi connectivity index (χ2v) is 7.21. The van der Waals surface area contributed by atoms with E-state index < -0.39 is 10.0 Å². The van der Waals surface area contributed by atoms with Crippen LogP contribution >= 0.6 is 0 Å². The van der Waals surface area contributed by atoms with Gasteiger partial charge in [0.25, 0.3) is 0 Å². The maximum atomic E-state index is 12.1. The molecule has 0 aliphatic heterocycles. The number of hydrogen-bond donors (Lipinski definition) is 2. The van der Waals surface area contributed by atoms with E-state index in [-0.39, 0.29) is 16.7 Å². The van der Waals surface area contributed by atoms with Gasteiger partial charge in [0.05, 0.1) is 4.90 Å². The number of benzene rings is 1. The van der Waals surface area contributed by atoms with Crippen molar-refractivity contribution in [3.63, 3.8) is 0 Å². The van der Waals surface area contributed by atoms with Crippen LogP contribution in [0.1, 0.15) is 33.1 Å². The summed E-state index contributed by atoms with van der Waals surface area (Å²) in [7, 11) is -1.96. The van der Waals surface area contributed by atoms with Gasteiger partial charge in [-0.1, -0.05) is 20.3 Å². The van der Waals surface area contributed by atoms with E-state index in [4.69, 9.17) is 4.74 Å². The number of ether oxygens (including phenoxy) is 1. The van der Waals surface area contributed by atoms with Crippen molar-refractivity contribution in [2.75, 3.05) is 25.6 Å². The lowest BCUT2D eigenvalue weighted by Crippen LogP contribution is -2.25. The van der Waals surface area contributed by atoms with E-state index in [2.05, 4.69) is 10.0 Å². The number of methoxy groups -OCH3 is 1. The topological polar surface area (TPSA) is 84.5 Å². The fourth-order valence-electron chi connectivity index (χ4n) is 2.05. The molecular formula is C16H26N2O4S. The van der Waals surface area contributed by atoms with Crippen LogP contribution in [0.15, 0.2) is 29.2 Å². The maximum Gasteiger partial charge on any atom is 0.240 e. The van der Waals surface area contributed by atoms with Crippen molar-refractivity contribution in [1.29, 1.82) is 0 Å². The summed E-state index contributed by atoms with van der Waals surface area (Å²) in [5, 5.41) is 2.79. The fourth-order valence-corrected chi connectivity index (χ4v) is 3.13. The SMILES string of the molecule is CCCC(C)C(=O)Nc1ccc(S(=O)(=O)NCCCOC)cc1. The average molecular weight is 342 g/mol. The molecular weight excluding hydrogens is 316 g/mol. The van der Waals surface area contributed by atoms with Crippen LogP contribution in [-0.4, -0.2) is 34.6 Å². The molecule has 0 heterocycles. The molecule has 0 aliphatic rings. The molecule has 1 amide bonds. The van der Waals surface area contributed by atoms with Gasteiger partial charge >= 0.3 is 0 Å². The van der Waals surface area contributed by atoms with Crippen LogP contribution in [0, 0.1) is 5.92 Å². The van der Waals surface area contributed by atoms with Crippen molar-refractivity contribution < 1.29 is 17.9 Å². The smallest absolute Gasteiger partial charge is 0.240 e. The molecule has 0 saturated heterocycles. The van der Waals surface area contributed by atoms with Crippen molar-refractivity contribution >= 4 is 21.6 Å². The van der Waals surface area contributed by atoms with Gasteiger partial charge in [-0.2, -0.15) is 0 Å². The van der Waals surface area contributed by atoms with Crippen molar-refractivity contribution in [1.82, 2.24) is 4.72 Å². The Morgan fingerprint density at radius 3 is 2.48 bits per heavy atom. The Balaban J connectivity index is 2.63. The number of nitrogens with one attached hydrogen (secondary N) is 2. The summed E-state index contributed by atoms with van der Waals surface area (Å²) < 4.78 is 31.6. The number of amides is 1. The summed E-state index contributed by atoms with van der Waals surface area (Å²) in [4.78, 5) is 12.1. The van der Waals surface area contributed by atoms with Crippen LogP contribution in [0.2, 0.25) is 0 Å². The quantitative estimate of drug-likeness (QED) is 0.639. The van der Waals surface area contributed by atoms with E-state index in [0.717, 1.165) is 12.8 Å². The molecule has 1 unspecified atom stereocenters. The van der Waals surface area contributed by atoms with Gasteiger partial charge in [0.2, 0.25) is 15.9 Å². The molecule has 1 aromatic rings. The third-order valence-corrected chi connectivity index (χ3v) is 4.90. The Kier molecular flexibility index (Phi) is 8.22. The molecule has 1 atom stereocenters. The first-order valence-electron chi connectivity index (χ1n) is 7.80. The molecule has 130 valence electrons. The zero-order chi connectivity index (χ0) is 17.3. The predicted molar refractivity (Wildman–Crippen MR) is 90.8 cm³/mol. The van der Waals surface area contributed by atoms with Crippen molar-refractivity contribution in [2.45, 2.75) is 38.0 Å². The average Bonchev–Trinajstić information content (AvgIpc) is 2.52. The van der Waals surface area contributed by atoms with E-state index in [1.165, 1.54) is 12.1 Å². The molecule has 1 aromatic carbocycles. The highest BCUT2D eigenvalue weighted by Gasteiger charge is 2.15. The van der Waals surface area contributed by atoms with Gasteiger partial charge < -0.3 is 10.1 Å². The molecule has 0 aliphatic carbocycles. The number of carbonyl (C=O) groups excluding carboxylic acids is 1. The first-order chi connectivity index (χ1) is 10.9. The molecule has 0 fully saturated rings. The molecule has 2 N–H and O–H groups in total. The van der Waals surface area contributed by atoms with Crippen LogP contribution < -0.4 is 10.0 Å². The minimum atomic E-state index is -3.53. The second kappa shape index (κ2) is 9.64.